The highest BCUT2D eigenvalue weighted by atomic mass is 79.9. The summed E-state index contributed by atoms with van der Waals surface area (Å²) in [4.78, 5) is 0. The largest absolute Gasteiger partial charge is 0.0985 e. The van der Waals surface area contributed by atoms with Crippen molar-refractivity contribution in [3.63, 3.8) is 0 Å². The second-order valence-corrected chi connectivity index (χ2v) is 3.09. The lowest BCUT2D eigenvalue weighted by Gasteiger charge is -2.01. The predicted octanol–water partition coefficient (Wildman–Crippen LogP) is 3.53. The van der Waals surface area contributed by atoms with Gasteiger partial charge in [-0.25, -0.2) is 0 Å². The third-order valence-corrected chi connectivity index (χ3v) is 2.36. The number of hydrogen-bond donors (Lipinski definition) is 0. The summed E-state index contributed by atoms with van der Waals surface area (Å²) in [6.07, 6.45) is 1.88. The van der Waals surface area contributed by atoms with Crippen molar-refractivity contribution in [3.8, 4) is 0 Å². The van der Waals surface area contributed by atoms with Crippen LogP contribution in [0, 0.1) is 6.92 Å². The van der Waals surface area contributed by atoms with E-state index in [0.717, 1.165) is 5.33 Å². The van der Waals surface area contributed by atoms with Crippen LogP contribution in [0.5, 0.6) is 0 Å². The minimum absolute atomic E-state index is 0.922. The maximum Gasteiger partial charge on any atom is 0.0283 e. The van der Waals surface area contributed by atoms with Crippen molar-refractivity contribution in [2.45, 2.75) is 12.3 Å². The quantitative estimate of drug-likeness (QED) is 0.656. The van der Waals surface area contributed by atoms with Crippen LogP contribution in [0.1, 0.15) is 16.7 Å². The molecule has 1 aromatic rings. The lowest BCUT2D eigenvalue weighted by molar-refractivity contribution is 1.35. The van der Waals surface area contributed by atoms with E-state index in [1.165, 1.54) is 16.7 Å². The zero-order valence-electron chi connectivity index (χ0n) is 6.60. The van der Waals surface area contributed by atoms with Gasteiger partial charge in [-0.15, -0.1) is 0 Å². The van der Waals surface area contributed by atoms with Gasteiger partial charge in [-0.05, 0) is 23.6 Å². The average molecular weight is 211 g/mol. The van der Waals surface area contributed by atoms with Gasteiger partial charge in [0.25, 0.3) is 0 Å². The molecular formula is C10H11Br. The molecule has 0 N–H and O–H groups in total. The number of alkyl halides is 1. The van der Waals surface area contributed by atoms with E-state index < -0.39 is 0 Å². The van der Waals surface area contributed by atoms with E-state index in [1.807, 2.05) is 6.08 Å². The van der Waals surface area contributed by atoms with Gasteiger partial charge in [0.15, 0.2) is 0 Å². The highest BCUT2D eigenvalue weighted by molar-refractivity contribution is 9.08. The third kappa shape index (κ3) is 1.93. The van der Waals surface area contributed by atoms with Crippen molar-refractivity contribution < 1.29 is 0 Å². The predicted molar refractivity (Wildman–Crippen MR) is 53.9 cm³/mol. The molecule has 0 fully saturated rings. The second-order valence-electron chi connectivity index (χ2n) is 2.53. The molecule has 0 nitrogen and oxygen atoms in total. The van der Waals surface area contributed by atoms with E-state index in [-0.39, 0.29) is 0 Å². The summed E-state index contributed by atoms with van der Waals surface area (Å²) in [6, 6.07) is 6.38. The smallest absolute Gasteiger partial charge is 0.0283 e. The van der Waals surface area contributed by atoms with E-state index in [2.05, 4.69) is 47.6 Å². The first-order chi connectivity index (χ1) is 5.27. The van der Waals surface area contributed by atoms with E-state index in [1.54, 1.807) is 0 Å². The van der Waals surface area contributed by atoms with Crippen LogP contribution in [0.3, 0.4) is 0 Å². The summed E-state index contributed by atoms with van der Waals surface area (Å²) >= 11 is 3.41. The van der Waals surface area contributed by atoms with E-state index in [4.69, 9.17) is 0 Å². The Morgan fingerprint density at radius 1 is 1.55 bits per heavy atom. The Balaban J connectivity index is 3.09. The van der Waals surface area contributed by atoms with Crippen molar-refractivity contribution in [2.75, 3.05) is 0 Å². The Kier molecular flexibility index (Phi) is 2.89. The molecule has 58 valence electrons. The third-order valence-electron chi connectivity index (χ3n) is 1.71. The number of aryl methyl sites for hydroxylation is 1. The van der Waals surface area contributed by atoms with Gasteiger partial charge in [0.1, 0.15) is 0 Å². The van der Waals surface area contributed by atoms with E-state index in [0.29, 0.717) is 0 Å². The molecule has 1 rings (SSSR count). The van der Waals surface area contributed by atoms with Gasteiger partial charge >= 0.3 is 0 Å². The lowest BCUT2D eigenvalue weighted by atomic mass is 10.1. The van der Waals surface area contributed by atoms with Crippen molar-refractivity contribution in [1.82, 2.24) is 0 Å². The van der Waals surface area contributed by atoms with Gasteiger partial charge in [0.05, 0.1) is 0 Å². The van der Waals surface area contributed by atoms with E-state index >= 15 is 0 Å². The molecular weight excluding hydrogens is 200 g/mol. The summed E-state index contributed by atoms with van der Waals surface area (Å²) in [6.45, 7) is 5.84. The Bertz CT molecular complexity index is 264. The van der Waals surface area contributed by atoms with Gasteiger partial charge in [0, 0.05) is 5.33 Å². The van der Waals surface area contributed by atoms with Gasteiger partial charge in [-0.3, -0.25) is 0 Å². The number of halogens is 1. The first-order valence-electron chi connectivity index (χ1n) is 3.56. The van der Waals surface area contributed by atoms with Gasteiger partial charge < -0.3 is 0 Å². The minimum Gasteiger partial charge on any atom is -0.0985 e. The lowest BCUT2D eigenvalue weighted by Crippen LogP contribution is -1.83. The fourth-order valence-corrected chi connectivity index (χ4v) is 1.40. The number of benzene rings is 1. The van der Waals surface area contributed by atoms with Crippen LogP contribution < -0.4 is 0 Å². The fourth-order valence-electron chi connectivity index (χ4n) is 1.05. The zero-order chi connectivity index (χ0) is 8.27. The molecule has 1 heteroatoms. The standard InChI is InChI=1S/C10H11Br/c1-3-10-5-4-9(7-11)6-8(10)2/h3-6H,1,7H2,2H3. The Labute approximate surface area is 76.1 Å². The molecule has 0 aromatic heterocycles. The molecule has 0 radical (unpaired) electrons. The summed E-state index contributed by atoms with van der Waals surface area (Å²) in [5, 5.41) is 0.922. The van der Waals surface area contributed by atoms with Crippen LogP contribution >= 0.6 is 15.9 Å². The van der Waals surface area contributed by atoms with Crippen molar-refractivity contribution in [2.24, 2.45) is 0 Å². The molecule has 0 heterocycles. The summed E-state index contributed by atoms with van der Waals surface area (Å²) in [5.74, 6) is 0. The Morgan fingerprint density at radius 2 is 2.27 bits per heavy atom. The summed E-state index contributed by atoms with van der Waals surface area (Å²) in [5.41, 5.74) is 3.82. The van der Waals surface area contributed by atoms with Crippen LogP contribution in [-0.4, -0.2) is 0 Å². The molecule has 0 bridgehead atoms. The molecule has 0 aliphatic carbocycles. The molecule has 0 spiro atoms. The summed E-state index contributed by atoms with van der Waals surface area (Å²) < 4.78 is 0. The Morgan fingerprint density at radius 3 is 2.73 bits per heavy atom. The molecule has 0 saturated heterocycles. The Hall–Kier alpha value is -0.560. The van der Waals surface area contributed by atoms with Gasteiger partial charge in [-0.1, -0.05) is 46.8 Å². The number of hydrogen-bond acceptors (Lipinski definition) is 0. The molecule has 0 saturated carbocycles. The molecule has 0 amide bonds. The highest BCUT2D eigenvalue weighted by Crippen LogP contribution is 2.13. The van der Waals surface area contributed by atoms with Gasteiger partial charge in [-0.2, -0.15) is 0 Å². The molecule has 0 aliphatic rings. The molecule has 0 unspecified atom stereocenters. The van der Waals surface area contributed by atoms with Crippen molar-refractivity contribution in [3.05, 3.63) is 41.5 Å². The summed E-state index contributed by atoms with van der Waals surface area (Å²) in [7, 11) is 0. The first kappa shape index (κ1) is 8.54. The van der Waals surface area contributed by atoms with Crippen LogP contribution in [-0.2, 0) is 5.33 Å². The van der Waals surface area contributed by atoms with Crippen LogP contribution in [0.25, 0.3) is 6.08 Å². The minimum atomic E-state index is 0.922. The molecule has 11 heavy (non-hydrogen) atoms. The topological polar surface area (TPSA) is 0 Å². The van der Waals surface area contributed by atoms with Crippen LogP contribution in [0.2, 0.25) is 0 Å². The van der Waals surface area contributed by atoms with Crippen LogP contribution in [0.15, 0.2) is 24.8 Å². The van der Waals surface area contributed by atoms with Gasteiger partial charge in [0.2, 0.25) is 0 Å². The maximum absolute atomic E-state index is 3.74. The molecule has 0 aliphatic heterocycles. The molecule has 1 aromatic carbocycles. The van der Waals surface area contributed by atoms with E-state index in [9.17, 15) is 0 Å². The maximum atomic E-state index is 3.74. The second kappa shape index (κ2) is 3.72. The zero-order valence-corrected chi connectivity index (χ0v) is 8.19. The first-order valence-corrected chi connectivity index (χ1v) is 4.68. The molecule has 0 atom stereocenters. The average Bonchev–Trinajstić information content (AvgIpc) is 2.04. The van der Waals surface area contributed by atoms with Crippen molar-refractivity contribution in [1.29, 1.82) is 0 Å². The van der Waals surface area contributed by atoms with Crippen LogP contribution in [0.4, 0.5) is 0 Å². The fraction of sp³-hybridized carbons (Fsp3) is 0.200. The van der Waals surface area contributed by atoms with Crippen molar-refractivity contribution >= 4 is 22.0 Å². The normalized spacial score (nSPS) is 9.64. The monoisotopic (exact) mass is 210 g/mol. The highest BCUT2D eigenvalue weighted by Gasteiger charge is 1.94. The SMILES string of the molecule is C=Cc1ccc(CBr)cc1C. The number of rotatable bonds is 2.